The summed E-state index contributed by atoms with van der Waals surface area (Å²) >= 11 is 0. The highest BCUT2D eigenvalue weighted by atomic mass is 16.7. The topological polar surface area (TPSA) is 80.9 Å². The number of amides is 1. The first kappa shape index (κ1) is 32.3. The summed E-state index contributed by atoms with van der Waals surface area (Å²) in [6.45, 7) is 5.01. The van der Waals surface area contributed by atoms with Crippen LogP contribution in [0, 0.1) is 0 Å². The Morgan fingerprint density at radius 2 is 1.73 bits per heavy atom. The van der Waals surface area contributed by atoms with E-state index in [4.69, 9.17) is 14.2 Å². The van der Waals surface area contributed by atoms with E-state index in [-0.39, 0.29) is 11.9 Å². The average Bonchev–Trinajstić information content (AvgIpc) is 3.62. The zero-order chi connectivity index (χ0) is 29.3. The number of ether oxygens (including phenoxy) is 3. The number of likely N-dealkylation sites (tertiary alicyclic amines) is 1. The molecule has 2 heterocycles. The van der Waals surface area contributed by atoms with Crippen LogP contribution in [0.1, 0.15) is 109 Å². The van der Waals surface area contributed by atoms with Gasteiger partial charge >= 0.3 is 12.1 Å². The number of hydrogen-bond acceptors (Lipinski definition) is 5. The van der Waals surface area contributed by atoms with Gasteiger partial charge in [0.1, 0.15) is 5.75 Å². The largest absolute Gasteiger partial charge is 0.497 e. The van der Waals surface area contributed by atoms with Gasteiger partial charge in [0.15, 0.2) is 0 Å². The monoisotopic (exact) mass is 566 g/mol. The van der Waals surface area contributed by atoms with E-state index in [0.717, 1.165) is 55.2 Å². The molecule has 0 aliphatic carbocycles. The van der Waals surface area contributed by atoms with Crippen LogP contribution in [-0.2, 0) is 14.3 Å². The standard InChI is InChI=1S/C34H50N2O5/c1-4-5-6-7-8-9-10-11-12-13-14-15-16-17-18-19-33(37)40-27(2)41-34(38)36-23-22-28(26-36)31-25-35-32-21-20-29(39-3)24-30(31)32/h8-9,11-12,20-21,24-25,27-28,35H,4-7,10,13-19,22-23,26H2,1-3H3/b9-8-,12-11-/t27?,28-/m1/s1. The first-order valence-corrected chi connectivity index (χ1v) is 15.6. The van der Waals surface area contributed by atoms with E-state index in [1.165, 1.54) is 44.1 Å². The molecule has 41 heavy (non-hydrogen) atoms. The molecule has 7 nitrogen and oxygen atoms in total. The number of carbonyl (C=O) groups is 2. The van der Waals surface area contributed by atoms with Gasteiger partial charge in [-0.2, -0.15) is 0 Å². The Balaban J connectivity index is 1.23. The average molecular weight is 567 g/mol. The number of H-pyrrole nitrogens is 1. The number of nitrogens with zero attached hydrogens (tertiary/aromatic N) is 1. The minimum atomic E-state index is -0.899. The lowest BCUT2D eigenvalue weighted by Gasteiger charge is -2.20. The lowest BCUT2D eigenvalue weighted by Crippen LogP contribution is -2.33. The molecule has 1 aromatic carbocycles. The van der Waals surface area contributed by atoms with Crippen molar-refractivity contribution >= 4 is 23.0 Å². The maximum Gasteiger partial charge on any atom is 0.412 e. The van der Waals surface area contributed by atoms with Gasteiger partial charge in [0.05, 0.1) is 7.11 Å². The fraction of sp³-hybridized carbons (Fsp3) is 0.588. The predicted molar refractivity (Wildman–Crippen MR) is 165 cm³/mol. The molecule has 1 aliphatic rings. The highest BCUT2D eigenvalue weighted by Crippen LogP contribution is 2.34. The molecular formula is C34H50N2O5. The molecule has 2 aromatic rings. The summed E-state index contributed by atoms with van der Waals surface area (Å²) in [5.74, 6) is 0.700. The minimum absolute atomic E-state index is 0.208. The molecule has 7 heteroatoms. The smallest absolute Gasteiger partial charge is 0.412 e. The molecule has 1 aliphatic heterocycles. The van der Waals surface area contributed by atoms with E-state index in [0.29, 0.717) is 19.5 Å². The number of aromatic nitrogens is 1. The van der Waals surface area contributed by atoms with Crippen LogP contribution in [0.25, 0.3) is 10.9 Å². The van der Waals surface area contributed by atoms with E-state index in [9.17, 15) is 9.59 Å². The summed E-state index contributed by atoms with van der Waals surface area (Å²) in [7, 11) is 1.66. The predicted octanol–water partition coefficient (Wildman–Crippen LogP) is 8.81. The summed E-state index contributed by atoms with van der Waals surface area (Å²) in [5, 5.41) is 1.11. The van der Waals surface area contributed by atoms with Crippen molar-refractivity contribution in [3.63, 3.8) is 0 Å². The van der Waals surface area contributed by atoms with Crippen molar-refractivity contribution in [2.24, 2.45) is 0 Å². The maximum absolute atomic E-state index is 12.7. The zero-order valence-electron chi connectivity index (χ0n) is 25.4. The minimum Gasteiger partial charge on any atom is -0.497 e. The first-order valence-electron chi connectivity index (χ1n) is 15.6. The summed E-state index contributed by atoms with van der Waals surface area (Å²) in [6, 6.07) is 5.96. The number of carbonyl (C=O) groups excluding carboxylic acids is 2. The number of unbranched alkanes of at least 4 members (excludes halogenated alkanes) is 8. The van der Waals surface area contributed by atoms with Gasteiger partial charge in [-0.3, -0.25) is 4.79 Å². The summed E-state index contributed by atoms with van der Waals surface area (Å²) in [4.78, 5) is 29.9. The molecule has 2 atom stereocenters. The molecule has 1 aromatic heterocycles. The number of methoxy groups -OCH3 is 1. The lowest BCUT2D eigenvalue weighted by atomic mass is 9.98. The quantitative estimate of drug-likeness (QED) is 0.0844. The van der Waals surface area contributed by atoms with Crippen LogP contribution in [0.4, 0.5) is 4.79 Å². The van der Waals surface area contributed by atoms with Gasteiger partial charge in [-0.05, 0) is 68.7 Å². The molecule has 1 amide bonds. The van der Waals surface area contributed by atoms with Gasteiger partial charge in [0.25, 0.3) is 0 Å². The Morgan fingerprint density at radius 3 is 2.49 bits per heavy atom. The van der Waals surface area contributed by atoms with Crippen LogP contribution in [0.15, 0.2) is 48.7 Å². The number of nitrogens with one attached hydrogen (secondary N) is 1. The fourth-order valence-corrected chi connectivity index (χ4v) is 5.33. The van der Waals surface area contributed by atoms with E-state index in [1.54, 1.807) is 18.9 Å². The molecular weight excluding hydrogens is 516 g/mol. The highest BCUT2D eigenvalue weighted by Gasteiger charge is 2.31. The van der Waals surface area contributed by atoms with E-state index >= 15 is 0 Å². The van der Waals surface area contributed by atoms with E-state index < -0.39 is 12.4 Å². The number of hydrogen-bond donors (Lipinski definition) is 1. The Bertz CT molecular complexity index is 1120. The zero-order valence-corrected chi connectivity index (χ0v) is 25.4. The van der Waals surface area contributed by atoms with Gasteiger partial charge in [-0.25, -0.2) is 4.79 Å². The number of rotatable bonds is 18. The molecule has 1 saturated heterocycles. The SMILES string of the molecule is CCCCC/C=C\C/C=C\CCCCCCCC(=O)OC(C)OC(=O)N1CC[C@@H](c2c[nH]c3ccc(OC)cc23)C1. The maximum atomic E-state index is 12.7. The summed E-state index contributed by atoms with van der Waals surface area (Å²) in [5.41, 5.74) is 2.22. The number of benzene rings is 1. The van der Waals surface area contributed by atoms with Gasteiger partial charge in [-0.1, -0.05) is 63.3 Å². The number of fused-ring (bicyclic) bond motifs is 1. The summed E-state index contributed by atoms with van der Waals surface area (Å²) in [6.07, 6.45) is 23.5. The van der Waals surface area contributed by atoms with Crippen molar-refractivity contribution in [1.82, 2.24) is 9.88 Å². The second-order valence-electron chi connectivity index (χ2n) is 11.0. The Hall–Kier alpha value is -3.22. The van der Waals surface area contributed by atoms with Crippen LogP contribution in [0.3, 0.4) is 0 Å². The van der Waals surface area contributed by atoms with Gasteiger partial charge in [0, 0.05) is 49.5 Å². The lowest BCUT2D eigenvalue weighted by molar-refractivity contribution is -0.166. The molecule has 1 N–H and O–H groups in total. The van der Waals surface area contributed by atoms with Crippen molar-refractivity contribution in [3.8, 4) is 5.75 Å². The third-order valence-corrected chi connectivity index (χ3v) is 7.70. The Kier molecular flexibility index (Phi) is 14.4. The highest BCUT2D eigenvalue weighted by molar-refractivity contribution is 5.85. The van der Waals surface area contributed by atoms with Crippen LogP contribution in [0.2, 0.25) is 0 Å². The molecule has 0 radical (unpaired) electrons. The second kappa shape index (κ2) is 18.3. The molecule has 0 spiro atoms. The molecule has 1 unspecified atom stereocenters. The fourth-order valence-electron chi connectivity index (χ4n) is 5.33. The van der Waals surface area contributed by atoms with Crippen molar-refractivity contribution in [2.45, 2.75) is 110 Å². The van der Waals surface area contributed by atoms with E-state index in [1.807, 2.05) is 24.4 Å². The van der Waals surface area contributed by atoms with Crippen molar-refractivity contribution in [3.05, 3.63) is 54.3 Å². The Labute approximate surface area is 246 Å². The summed E-state index contributed by atoms with van der Waals surface area (Å²) < 4.78 is 16.1. The Morgan fingerprint density at radius 1 is 1.00 bits per heavy atom. The third kappa shape index (κ3) is 11.3. The molecule has 0 saturated carbocycles. The van der Waals surface area contributed by atoms with Crippen LogP contribution >= 0.6 is 0 Å². The van der Waals surface area contributed by atoms with Crippen LogP contribution < -0.4 is 4.74 Å². The number of esters is 1. The van der Waals surface area contributed by atoms with Gasteiger partial charge in [-0.15, -0.1) is 0 Å². The third-order valence-electron chi connectivity index (χ3n) is 7.70. The second-order valence-corrected chi connectivity index (χ2v) is 11.0. The van der Waals surface area contributed by atoms with Crippen LogP contribution in [-0.4, -0.2) is 48.4 Å². The molecule has 0 bridgehead atoms. The first-order chi connectivity index (χ1) is 20.0. The van der Waals surface area contributed by atoms with Gasteiger partial charge < -0.3 is 24.1 Å². The van der Waals surface area contributed by atoms with Gasteiger partial charge in [0.2, 0.25) is 6.29 Å². The molecule has 1 fully saturated rings. The van der Waals surface area contributed by atoms with Crippen molar-refractivity contribution < 1.29 is 23.8 Å². The molecule has 3 rings (SSSR count). The number of aromatic amines is 1. The van der Waals surface area contributed by atoms with E-state index in [2.05, 4.69) is 36.2 Å². The van der Waals surface area contributed by atoms with Crippen molar-refractivity contribution in [1.29, 1.82) is 0 Å². The molecule has 226 valence electrons. The van der Waals surface area contributed by atoms with Crippen molar-refractivity contribution in [2.75, 3.05) is 20.2 Å². The number of allylic oxidation sites excluding steroid dienone is 4. The van der Waals surface area contributed by atoms with Crippen LogP contribution in [0.5, 0.6) is 5.75 Å². The normalized spacial score (nSPS) is 16.2.